The van der Waals surface area contributed by atoms with Crippen LogP contribution in [-0.2, 0) is 0 Å². The Morgan fingerprint density at radius 1 is 1.42 bits per heavy atom. The third kappa shape index (κ3) is 2.74. The van der Waals surface area contributed by atoms with Gasteiger partial charge in [-0.3, -0.25) is 0 Å². The molecular formula is C16H17N3. The van der Waals surface area contributed by atoms with Crippen molar-refractivity contribution in [1.82, 2.24) is 4.98 Å². The van der Waals surface area contributed by atoms with E-state index in [0.717, 1.165) is 29.7 Å². The predicted octanol–water partition coefficient (Wildman–Crippen LogP) is 3.51. The van der Waals surface area contributed by atoms with Gasteiger partial charge in [0.15, 0.2) is 0 Å². The maximum atomic E-state index is 9.32. The SMILES string of the molecule is C=CCN(CCC)c1nc2ccccc2cc1C#N. The van der Waals surface area contributed by atoms with Crippen LogP contribution in [-0.4, -0.2) is 18.1 Å². The first-order valence-electron chi connectivity index (χ1n) is 6.46. The zero-order valence-corrected chi connectivity index (χ0v) is 11.1. The van der Waals surface area contributed by atoms with Crippen molar-refractivity contribution < 1.29 is 0 Å². The highest BCUT2D eigenvalue weighted by atomic mass is 15.2. The van der Waals surface area contributed by atoms with E-state index in [4.69, 9.17) is 0 Å². The van der Waals surface area contributed by atoms with Crippen LogP contribution in [0.25, 0.3) is 10.9 Å². The van der Waals surface area contributed by atoms with Gasteiger partial charge in [-0.1, -0.05) is 31.2 Å². The van der Waals surface area contributed by atoms with Gasteiger partial charge in [-0.2, -0.15) is 5.26 Å². The van der Waals surface area contributed by atoms with Gasteiger partial charge in [-0.25, -0.2) is 4.98 Å². The number of nitrogens with zero attached hydrogens (tertiary/aromatic N) is 3. The number of rotatable bonds is 5. The molecular weight excluding hydrogens is 234 g/mol. The number of fused-ring (bicyclic) bond motifs is 1. The molecule has 0 unspecified atom stereocenters. The Hall–Kier alpha value is -2.34. The molecule has 0 fully saturated rings. The monoisotopic (exact) mass is 251 g/mol. The minimum absolute atomic E-state index is 0.619. The number of hydrogen-bond donors (Lipinski definition) is 0. The van der Waals surface area contributed by atoms with Crippen LogP contribution in [0.2, 0.25) is 0 Å². The third-order valence-corrected chi connectivity index (χ3v) is 2.97. The van der Waals surface area contributed by atoms with Crippen LogP contribution < -0.4 is 4.90 Å². The molecule has 0 spiro atoms. The van der Waals surface area contributed by atoms with Crippen LogP contribution in [0.3, 0.4) is 0 Å². The maximum Gasteiger partial charge on any atom is 0.147 e. The first kappa shape index (κ1) is 13.1. The van der Waals surface area contributed by atoms with E-state index < -0.39 is 0 Å². The van der Waals surface area contributed by atoms with Crippen molar-refractivity contribution in [2.75, 3.05) is 18.0 Å². The van der Waals surface area contributed by atoms with Crippen molar-refractivity contribution in [2.45, 2.75) is 13.3 Å². The summed E-state index contributed by atoms with van der Waals surface area (Å²) in [6, 6.07) is 12.0. The first-order valence-corrected chi connectivity index (χ1v) is 6.46. The quantitative estimate of drug-likeness (QED) is 0.763. The molecule has 1 heterocycles. The van der Waals surface area contributed by atoms with Gasteiger partial charge in [0, 0.05) is 18.5 Å². The van der Waals surface area contributed by atoms with Crippen molar-refractivity contribution in [3.05, 3.63) is 48.6 Å². The molecule has 0 radical (unpaired) electrons. The Balaban J connectivity index is 2.56. The molecule has 1 aromatic carbocycles. The summed E-state index contributed by atoms with van der Waals surface area (Å²) in [5, 5.41) is 10.3. The lowest BCUT2D eigenvalue weighted by molar-refractivity contribution is 0.803. The molecule has 0 saturated heterocycles. The highest BCUT2D eigenvalue weighted by molar-refractivity contribution is 5.83. The highest BCUT2D eigenvalue weighted by Gasteiger charge is 2.12. The van der Waals surface area contributed by atoms with E-state index in [1.54, 1.807) is 0 Å². The van der Waals surface area contributed by atoms with Gasteiger partial charge in [0.1, 0.15) is 11.9 Å². The van der Waals surface area contributed by atoms with Crippen molar-refractivity contribution >= 4 is 16.7 Å². The van der Waals surface area contributed by atoms with E-state index in [9.17, 15) is 5.26 Å². The number of para-hydroxylation sites is 1. The predicted molar refractivity (Wildman–Crippen MR) is 79.2 cm³/mol. The zero-order valence-electron chi connectivity index (χ0n) is 11.1. The van der Waals surface area contributed by atoms with E-state index in [1.807, 2.05) is 36.4 Å². The number of nitriles is 1. The Kier molecular flexibility index (Phi) is 4.15. The summed E-state index contributed by atoms with van der Waals surface area (Å²) in [4.78, 5) is 6.73. The molecule has 96 valence electrons. The molecule has 3 heteroatoms. The molecule has 0 aliphatic heterocycles. The second kappa shape index (κ2) is 6.01. The molecule has 0 amide bonds. The summed E-state index contributed by atoms with van der Waals surface area (Å²) >= 11 is 0. The smallest absolute Gasteiger partial charge is 0.147 e. The lowest BCUT2D eigenvalue weighted by Crippen LogP contribution is -2.26. The molecule has 0 bridgehead atoms. The summed E-state index contributed by atoms with van der Waals surface area (Å²) < 4.78 is 0. The van der Waals surface area contributed by atoms with Crippen LogP contribution in [0.1, 0.15) is 18.9 Å². The summed E-state index contributed by atoms with van der Waals surface area (Å²) in [5.74, 6) is 0.753. The van der Waals surface area contributed by atoms with E-state index >= 15 is 0 Å². The summed E-state index contributed by atoms with van der Waals surface area (Å²) in [5.41, 5.74) is 1.54. The lowest BCUT2D eigenvalue weighted by atomic mass is 10.1. The van der Waals surface area contributed by atoms with E-state index in [1.165, 1.54) is 0 Å². The second-order valence-corrected chi connectivity index (χ2v) is 4.40. The Bertz CT molecular complexity index is 625. The van der Waals surface area contributed by atoms with Crippen molar-refractivity contribution in [1.29, 1.82) is 5.26 Å². The van der Waals surface area contributed by atoms with Gasteiger partial charge < -0.3 is 4.90 Å². The fourth-order valence-corrected chi connectivity index (χ4v) is 2.14. The minimum Gasteiger partial charge on any atom is -0.352 e. The fraction of sp³-hybridized carbons (Fsp3) is 0.250. The zero-order chi connectivity index (χ0) is 13.7. The summed E-state index contributed by atoms with van der Waals surface area (Å²) in [6.45, 7) is 7.46. The highest BCUT2D eigenvalue weighted by Crippen LogP contribution is 2.23. The van der Waals surface area contributed by atoms with E-state index in [0.29, 0.717) is 12.1 Å². The van der Waals surface area contributed by atoms with Gasteiger partial charge in [0.05, 0.1) is 11.1 Å². The molecule has 2 rings (SSSR count). The molecule has 19 heavy (non-hydrogen) atoms. The van der Waals surface area contributed by atoms with Crippen molar-refractivity contribution in [3.63, 3.8) is 0 Å². The van der Waals surface area contributed by atoms with Crippen molar-refractivity contribution in [3.8, 4) is 6.07 Å². The first-order chi connectivity index (χ1) is 9.30. The summed E-state index contributed by atoms with van der Waals surface area (Å²) in [6.07, 6.45) is 2.85. The van der Waals surface area contributed by atoms with Gasteiger partial charge in [0.2, 0.25) is 0 Å². The number of anilines is 1. The molecule has 0 aliphatic carbocycles. The molecule has 0 saturated carbocycles. The molecule has 1 aromatic heterocycles. The molecule has 2 aromatic rings. The molecule has 0 atom stereocenters. The van der Waals surface area contributed by atoms with Crippen molar-refractivity contribution in [2.24, 2.45) is 0 Å². The third-order valence-electron chi connectivity index (χ3n) is 2.97. The van der Waals surface area contributed by atoms with Gasteiger partial charge in [-0.05, 0) is 18.6 Å². The normalized spacial score (nSPS) is 10.1. The summed E-state index contributed by atoms with van der Waals surface area (Å²) in [7, 11) is 0. The Morgan fingerprint density at radius 3 is 2.89 bits per heavy atom. The maximum absolute atomic E-state index is 9.32. The average Bonchev–Trinajstić information content (AvgIpc) is 2.45. The Labute approximate surface area is 113 Å². The van der Waals surface area contributed by atoms with Crippen LogP contribution in [0, 0.1) is 11.3 Å². The van der Waals surface area contributed by atoms with Crippen LogP contribution in [0.4, 0.5) is 5.82 Å². The number of aromatic nitrogens is 1. The van der Waals surface area contributed by atoms with E-state index in [2.05, 4.69) is 29.5 Å². The van der Waals surface area contributed by atoms with Gasteiger partial charge in [0.25, 0.3) is 0 Å². The number of pyridine rings is 1. The average molecular weight is 251 g/mol. The number of hydrogen-bond acceptors (Lipinski definition) is 3. The largest absolute Gasteiger partial charge is 0.352 e. The molecule has 0 aliphatic rings. The number of benzene rings is 1. The minimum atomic E-state index is 0.619. The van der Waals surface area contributed by atoms with Gasteiger partial charge in [-0.15, -0.1) is 6.58 Å². The van der Waals surface area contributed by atoms with E-state index in [-0.39, 0.29) is 0 Å². The molecule has 3 nitrogen and oxygen atoms in total. The van der Waals surface area contributed by atoms with Crippen LogP contribution in [0.5, 0.6) is 0 Å². The van der Waals surface area contributed by atoms with Crippen LogP contribution in [0.15, 0.2) is 43.0 Å². The fourth-order valence-electron chi connectivity index (χ4n) is 2.14. The molecule has 0 N–H and O–H groups in total. The Morgan fingerprint density at radius 2 is 2.21 bits per heavy atom. The lowest BCUT2D eigenvalue weighted by Gasteiger charge is -2.22. The standard InChI is InChI=1S/C16H17N3/c1-3-9-19(10-4-2)16-14(12-17)11-13-7-5-6-8-15(13)18-16/h3,5-8,11H,1,4,9-10H2,2H3. The topological polar surface area (TPSA) is 39.9 Å². The van der Waals surface area contributed by atoms with Gasteiger partial charge >= 0.3 is 0 Å². The second-order valence-electron chi connectivity index (χ2n) is 4.40. The van der Waals surface area contributed by atoms with Crippen LogP contribution >= 0.6 is 0 Å².